The zero-order chi connectivity index (χ0) is 14.0. The molecule has 0 amide bonds. The van der Waals surface area contributed by atoms with Gasteiger partial charge < -0.3 is 5.73 Å². The highest BCUT2D eigenvalue weighted by Gasteiger charge is 2.30. The summed E-state index contributed by atoms with van der Waals surface area (Å²) in [6, 6.07) is 4.97. The van der Waals surface area contributed by atoms with Crippen LogP contribution in [0.1, 0.15) is 11.3 Å². The monoisotopic (exact) mass is 285 g/mol. The molecule has 0 radical (unpaired) electrons. The Morgan fingerprint density at radius 3 is 2.53 bits per heavy atom. The Bertz CT molecular complexity index is 599. The molecule has 1 aromatic carbocycles. The Kier molecular flexibility index (Phi) is 3.66. The number of aryl methyl sites for hydroxylation is 1. The van der Waals surface area contributed by atoms with Gasteiger partial charge in [-0.25, -0.2) is 9.97 Å². The van der Waals surface area contributed by atoms with Crippen LogP contribution < -0.4 is 5.73 Å². The maximum Gasteiger partial charge on any atom is 0.416 e. The van der Waals surface area contributed by atoms with E-state index in [-0.39, 0.29) is 5.69 Å². The molecule has 7 heteroatoms. The lowest BCUT2D eigenvalue weighted by Gasteiger charge is -2.10. The van der Waals surface area contributed by atoms with Crippen LogP contribution in [-0.4, -0.2) is 9.97 Å². The maximum atomic E-state index is 12.5. The largest absolute Gasteiger partial charge is 0.416 e. The van der Waals surface area contributed by atoms with Crippen molar-refractivity contribution in [3.63, 3.8) is 0 Å². The SMILES string of the molecule is Cc1ccnc(Sc2ccc(C(F)(F)F)cc2N)n1. The number of aromatic nitrogens is 2. The van der Waals surface area contributed by atoms with Crippen molar-refractivity contribution in [2.24, 2.45) is 0 Å². The van der Waals surface area contributed by atoms with E-state index in [0.29, 0.717) is 10.1 Å². The minimum absolute atomic E-state index is 0.0601. The molecule has 1 aromatic heterocycles. The number of alkyl halides is 3. The van der Waals surface area contributed by atoms with Crippen molar-refractivity contribution in [1.29, 1.82) is 0 Å². The fourth-order valence-electron chi connectivity index (χ4n) is 1.39. The number of nitrogen functional groups attached to an aromatic ring is 1. The van der Waals surface area contributed by atoms with Gasteiger partial charge in [0.15, 0.2) is 5.16 Å². The van der Waals surface area contributed by atoms with E-state index in [1.54, 1.807) is 12.3 Å². The summed E-state index contributed by atoms with van der Waals surface area (Å²) < 4.78 is 37.5. The Labute approximate surface area is 112 Å². The summed E-state index contributed by atoms with van der Waals surface area (Å²) in [4.78, 5) is 8.67. The smallest absolute Gasteiger partial charge is 0.398 e. The number of hydrogen-bond acceptors (Lipinski definition) is 4. The van der Waals surface area contributed by atoms with Crippen LogP contribution >= 0.6 is 11.8 Å². The molecule has 100 valence electrons. The lowest BCUT2D eigenvalue weighted by Crippen LogP contribution is -2.05. The summed E-state index contributed by atoms with van der Waals surface area (Å²) in [7, 11) is 0. The Morgan fingerprint density at radius 2 is 1.95 bits per heavy atom. The van der Waals surface area contributed by atoms with E-state index in [9.17, 15) is 13.2 Å². The molecule has 0 aliphatic heterocycles. The minimum atomic E-state index is -4.39. The fourth-order valence-corrected chi connectivity index (χ4v) is 2.20. The summed E-state index contributed by atoms with van der Waals surface area (Å²) in [5.74, 6) is 0. The van der Waals surface area contributed by atoms with E-state index < -0.39 is 11.7 Å². The molecular weight excluding hydrogens is 275 g/mol. The van der Waals surface area contributed by atoms with Crippen LogP contribution in [0.2, 0.25) is 0 Å². The standard InChI is InChI=1S/C12H10F3N3S/c1-7-4-5-17-11(18-7)19-10-3-2-8(6-9(10)16)12(13,14)15/h2-6H,16H2,1H3. The zero-order valence-corrected chi connectivity index (χ0v) is 10.7. The van der Waals surface area contributed by atoms with E-state index in [2.05, 4.69) is 9.97 Å². The van der Waals surface area contributed by atoms with Crippen molar-refractivity contribution in [3.8, 4) is 0 Å². The summed E-state index contributed by atoms with van der Waals surface area (Å²) in [5.41, 5.74) is 5.70. The van der Waals surface area contributed by atoms with Crippen molar-refractivity contribution >= 4 is 17.4 Å². The molecule has 0 unspecified atom stereocenters. The molecule has 1 heterocycles. The average molecular weight is 285 g/mol. The van der Waals surface area contributed by atoms with E-state index in [1.807, 2.05) is 6.92 Å². The third-order valence-electron chi connectivity index (χ3n) is 2.31. The second-order valence-corrected chi connectivity index (χ2v) is 4.84. The predicted octanol–water partition coefficient (Wildman–Crippen LogP) is 3.54. The van der Waals surface area contributed by atoms with Crippen molar-refractivity contribution < 1.29 is 13.2 Å². The predicted molar refractivity (Wildman–Crippen MR) is 66.7 cm³/mol. The number of benzene rings is 1. The first-order valence-electron chi connectivity index (χ1n) is 5.30. The quantitative estimate of drug-likeness (QED) is 0.677. The molecule has 0 aliphatic rings. The van der Waals surface area contributed by atoms with Gasteiger partial charge in [-0.2, -0.15) is 13.2 Å². The molecule has 19 heavy (non-hydrogen) atoms. The van der Waals surface area contributed by atoms with Gasteiger partial charge >= 0.3 is 6.18 Å². The molecular formula is C12H10F3N3S. The third kappa shape index (κ3) is 3.37. The summed E-state index contributed by atoms with van der Waals surface area (Å²) >= 11 is 1.13. The van der Waals surface area contributed by atoms with Crippen LogP contribution in [0.15, 0.2) is 40.5 Å². The first-order chi connectivity index (χ1) is 8.86. The number of nitrogens with zero attached hydrogens (tertiary/aromatic N) is 2. The van der Waals surface area contributed by atoms with Crippen molar-refractivity contribution in [3.05, 3.63) is 41.7 Å². The maximum absolute atomic E-state index is 12.5. The van der Waals surface area contributed by atoms with Crippen LogP contribution in [0.25, 0.3) is 0 Å². The van der Waals surface area contributed by atoms with Crippen molar-refractivity contribution in [2.45, 2.75) is 23.2 Å². The molecule has 2 rings (SSSR count). The molecule has 0 saturated heterocycles. The number of halogens is 3. The van der Waals surface area contributed by atoms with Gasteiger partial charge in [-0.05, 0) is 43.0 Å². The van der Waals surface area contributed by atoms with Gasteiger partial charge in [0.25, 0.3) is 0 Å². The highest BCUT2D eigenvalue weighted by molar-refractivity contribution is 7.99. The molecule has 0 bridgehead atoms. The van der Waals surface area contributed by atoms with E-state index in [0.717, 1.165) is 29.6 Å². The Morgan fingerprint density at radius 1 is 1.21 bits per heavy atom. The summed E-state index contributed by atoms with van der Waals surface area (Å²) in [6.45, 7) is 1.81. The minimum Gasteiger partial charge on any atom is -0.398 e. The Balaban J connectivity index is 2.27. The van der Waals surface area contributed by atoms with E-state index in [4.69, 9.17) is 5.73 Å². The van der Waals surface area contributed by atoms with Crippen molar-refractivity contribution in [2.75, 3.05) is 5.73 Å². The van der Waals surface area contributed by atoms with E-state index in [1.165, 1.54) is 6.07 Å². The highest BCUT2D eigenvalue weighted by Crippen LogP contribution is 2.35. The summed E-state index contributed by atoms with van der Waals surface area (Å²) in [6.07, 6.45) is -2.80. The molecule has 0 saturated carbocycles. The van der Waals surface area contributed by atoms with Gasteiger partial charge in [0.1, 0.15) is 0 Å². The third-order valence-corrected chi connectivity index (χ3v) is 3.28. The molecule has 0 fully saturated rings. The van der Waals surface area contributed by atoms with Crippen LogP contribution in [0.4, 0.5) is 18.9 Å². The van der Waals surface area contributed by atoms with E-state index >= 15 is 0 Å². The lowest BCUT2D eigenvalue weighted by atomic mass is 10.2. The molecule has 0 aliphatic carbocycles. The summed E-state index contributed by atoms with van der Waals surface area (Å²) in [5, 5.41) is 0.450. The fraction of sp³-hybridized carbons (Fsp3) is 0.167. The molecule has 2 aromatic rings. The number of hydrogen-bond donors (Lipinski definition) is 1. The highest BCUT2D eigenvalue weighted by atomic mass is 32.2. The van der Waals surface area contributed by atoms with Gasteiger partial charge in [-0.1, -0.05) is 0 Å². The number of rotatable bonds is 2. The second kappa shape index (κ2) is 5.08. The average Bonchev–Trinajstić information content (AvgIpc) is 2.30. The van der Waals surface area contributed by atoms with Crippen LogP contribution in [0.3, 0.4) is 0 Å². The topological polar surface area (TPSA) is 51.8 Å². The van der Waals surface area contributed by atoms with Crippen LogP contribution in [0, 0.1) is 6.92 Å². The number of nitrogens with two attached hydrogens (primary N) is 1. The normalized spacial score (nSPS) is 11.6. The Hall–Kier alpha value is -1.76. The molecule has 3 nitrogen and oxygen atoms in total. The van der Waals surface area contributed by atoms with Gasteiger partial charge in [-0.3, -0.25) is 0 Å². The van der Waals surface area contributed by atoms with Gasteiger partial charge in [0, 0.05) is 22.5 Å². The first-order valence-corrected chi connectivity index (χ1v) is 6.12. The van der Waals surface area contributed by atoms with Gasteiger partial charge in [0.2, 0.25) is 0 Å². The van der Waals surface area contributed by atoms with Crippen LogP contribution in [0.5, 0.6) is 0 Å². The first kappa shape index (κ1) is 13.7. The molecule has 0 spiro atoms. The van der Waals surface area contributed by atoms with Crippen molar-refractivity contribution in [1.82, 2.24) is 9.97 Å². The number of anilines is 1. The molecule has 2 N–H and O–H groups in total. The van der Waals surface area contributed by atoms with Crippen LogP contribution in [-0.2, 0) is 6.18 Å². The zero-order valence-electron chi connectivity index (χ0n) is 9.90. The van der Waals surface area contributed by atoms with Gasteiger partial charge in [0.05, 0.1) is 5.56 Å². The molecule has 0 atom stereocenters. The van der Waals surface area contributed by atoms with Gasteiger partial charge in [-0.15, -0.1) is 0 Å². The lowest BCUT2D eigenvalue weighted by molar-refractivity contribution is -0.137. The second-order valence-electron chi connectivity index (χ2n) is 3.83.